The number of anilines is 3. The van der Waals surface area contributed by atoms with Crippen LogP contribution in [0.3, 0.4) is 0 Å². The van der Waals surface area contributed by atoms with Gasteiger partial charge in [0, 0.05) is 18.8 Å². The Kier molecular flexibility index (Phi) is 6.09. The van der Waals surface area contributed by atoms with Crippen LogP contribution in [0, 0.1) is 0 Å². The molecule has 0 saturated carbocycles. The average molecular weight is 430 g/mol. The van der Waals surface area contributed by atoms with Gasteiger partial charge in [-0.05, 0) is 60.6 Å². The van der Waals surface area contributed by atoms with Crippen molar-refractivity contribution in [2.75, 3.05) is 36.8 Å². The van der Waals surface area contributed by atoms with E-state index in [1.807, 2.05) is 6.07 Å². The molecule has 5 rings (SSSR count). The normalized spacial score (nSPS) is 14.6. The van der Waals surface area contributed by atoms with Crippen molar-refractivity contribution in [2.24, 2.45) is 0 Å². The molecule has 1 aliphatic heterocycles. The Morgan fingerprint density at radius 1 is 0.839 bits per heavy atom. The zero-order valence-corrected chi connectivity index (χ0v) is 18.4. The third-order valence-corrected chi connectivity index (χ3v) is 6.63. The van der Waals surface area contributed by atoms with Crippen LogP contribution < -0.4 is 10.6 Å². The summed E-state index contributed by atoms with van der Waals surface area (Å²) >= 11 is 1.66. The zero-order chi connectivity index (χ0) is 20.9. The van der Waals surface area contributed by atoms with Gasteiger partial charge < -0.3 is 15.5 Å². The molecular weight excluding hydrogens is 402 g/mol. The number of piperidine rings is 1. The van der Waals surface area contributed by atoms with E-state index in [2.05, 4.69) is 75.5 Å². The topological polar surface area (TPSA) is 53.1 Å². The van der Waals surface area contributed by atoms with Crippen LogP contribution in [0.15, 0.2) is 66.0 Å². The van der Waals surface area contributed by atoms with Crippen LogP contribution in [0.4, 0.5) is 17.5 Å². The van der Waals surface area contributed by atoms with E-state index in [4.69, 9.17) is 9.97 Å². The number of rotatable bonds is 7. The number of nitrogens with one attached hydrogen (secondary N) is 2. The van der Waals surface area contributed by atoms with Crippen molar-refractivity contribution in [1.29, 1.82) is 0 Å². The highest BCUT2D eigenvalue weighted by atomic mass is 32.1. The minimum atomic E-state index is 0.686. The van der Waals surface area contributed by atoms with E-state index >= 15 is 0 Å². The van der Waals surface area contributed by atoms with Gasteiger partial charge in [0.15, 0.2) is 5.82 Å². The number of hydrogen-bond donors (Lipinski definition) is 2. The van der Waals surface area contributed by atoms with E-state index in [0.717, 1.165) is 34.8 Å². The summed E-state index contributed by atoms with van der Waals surface area (Å²) in [5.74, 6) is 1.54. The maximum absolute atomic E-state index is 4.79. The molecule has 2 N–H and O–H groups in total. The van der Waals surface area contributed by atoms with E-state index in [9.17, 15) is 0 Å². The Balaban J connectivity index is 1.30. The lowest BCUT2D eigenvalue weighted by Crippen LogP contribution is -2.33. The first-order valence-corrected chi connectivity index (χ1v) is 11.9. The molecule has 2 aromatic carbocycles. The summed E-state index contributed by atoms with van der Waals surface area (Å²) in [6.45, 7) is 4.31. The second-order valence-electron chi connectivity index (χ2n) is 7.93. The highest BCUT2D eigenvalue weighted by molar-refractivity contribution is 7.17. The Labute approximate surface area is 187 Å². The lowest BCUT2D eigenvalue weighted by molar-refractivity contribution is 0.237. The summed E-state index contributed by atoms with van der Waals surface area (Å²) in [6, 6.07) is 21.0. The van der Waals surface area contributed by atoms with Crippen molar-refractivity contribution in [3.05, 3.63) is 66.0 Å². The van der Waals surface area contributed by atoms with Crippen LogP contribution in [-0.2, 0) is 0 Å². The second kappa shape index (κ2) is 9.45. The first-order chi connectivity index (χ1) is 15.3. The third-order valence-electron chi connectivity index (χ3n) is 5.72. The van der Waals surface area contributed by atoms with E-state index < -0.39 is 0 Å². The molecule has 2 aromatic heterocycles. The van der Waals surface area contributed by atoms with Crippen LogP contribution in [0.25, 0.3) is 21.3 Å². The number of benzene rings is 2. The summed E-state index contributed by atoms with van der Waals surface area (Å²) in [5.41, 5.74) is 4.42. The smallest absolute Gasteiger partial charge is 0.225 e. The van der Waals surface area contributed by atoms with Gasteiger partial charge in [-0.1, -0.05) is 48.9 Å². The molecule has 0 spiro atoms. The van der Waals surface area contributed by atoms with E-state index in [0.29, 0.717) is 5.95 Å². The fourth-order valence-electron chi connectivity index (χ4n) is 4.05. The fraction of sp³-hybridized carbons (Fsp3) is 0.280. The summed E-state index contributed by atoms with van der Waals surface area (Å²) in [4.78, 5) is 12.0. The summed E-state index contributed by atoms with van der Waals surface area (Å²) in [6.07, 6.45) is 3.99. The molecule has 0 radical (unpaired) electrons. The molecule has 0 atom stereocenters. The van der Waals surface area contributed by atoms with Gasteiger partial charge in [0.25, 0.3) is 0 Å². The minimum absolute atomic E-state index is 0.686. The van der Waals surface area contributed by atoms with Crippen molar-refractivity contribution >= 4 is 39.0 Å². The lowest BCUT2D eigenvalue weighted by Gasteiger charge is -2.26. The quantitative estimate of drug-likeness (QED) is 0.377. The molecule has 1 fully saturated rings. The Bertz CT molecular complexity index is 1120. The van der Waals surface area contributed by atoms with Gasteiger partial charge in [0.1, 0.15) is 0 Å². The molecule has 3 heterocycles. The molecule has 1 saturated heterocycles. The van der Waals surface area contributed by atoms with Crippen molar-refractivity contribution in [3.8, 4) is 11.1 Å². The first-order valence-electron chi connectivity index (χ1n) is 11.0. The standard InChI is InChI=1S/C25H27N5S/c1-3-7-19(8-4-1)20-9-11-21(12-10-20)27-24-23-22(13-18-31-23)28-25(29-24)26-14-17-30-15-5-2-6-16-30/h1,3-4,7-13,18H,2,5-6,14-17H2,(H2,26,27,28,29). The van der Waals surface area contributed by atoms with Gasteiger partial charge in [-0.3, -0.25) is 0 Å². The summed E-state index contributed by atoms with van der Waals surface area (Å²) in [7, 11) is 0. The predicted octanol–water partition coefficient (Wildman–Crippen LogP) is 6.00. The van der Waals surface area contributed by atoms with Gasteiger partial charge in [0.05, 0.1) is 10.2 Å². The van der Waals surface area contributed by atoms with Gasteiger partial charge >= 0.3 is 0 Å². The molecule has 6 heteroatoms. The highest BCUT2D eigenvalue weighted by Crippen LogP contribution is 2.30. The highest BCUT2D eigenvalue weighted by Gasteiger charge is 2.12. The number of nitrogens with zero attached hydrogens (tertiary/aromatic N) is 3. The number of likely N-dealkylation sites (tertiary alicyclic amines) is 1. The summed E-state index contributed by atoms with van der Waals surface area (Å²) < 4.78 is 1.08. The molecule has 0 unspecified atom stereocenters. The van der Waals surface area contributed by atoms with Crippen molar-refractivity contribution in [3.63, 3.8) is 0 Å². The molecule has 158 valence electrons. The second-order valence-corrected chi connectivity index (χ2v) is 8.84. The van der Waals surface area contributed by atoms with Crippen LogP contribution in [0.5, 0.6) is 0 Å². The van der Waals surface area contributed by atoms with Crippen LogP contribution in [0.2, 0.25) is 0 Å². The SMILES string of the molecule is c1ccc(-c2ccc(Nc3nc(NCCN4CCCCC4)nc4ccsc34)cc2)cc1. The molecular formula is C25H27N5S. The number of hydrogen-bond acceptors (Lipinski definition) is 6. The molecule has 4 aromatic rings. The summed E-state index contributed by atoms with van der Waals surface area (Å²) in [5, 5.41) is 9.00. The first kappa shape index (κ1) is 20.0. The molecule has 0 amide bonds. The molecule has 0 bridgehead atoms. The van der Waals surface area contributed by atoms with E-state index in [1.165, 1.54) is 43.5 Å². The molecule has 5 nitrogen and oxygen atoms in total. The van der Waals surface area contributed by atoms with Crippen LogP contribution in [-0.4, -0.2) is 41.0 Å². The maximum Gasteiger partial charge on any atom is 0.225 e. The van der Waals surface area contributed by atoms with E-state index in [1.54, 1.807) is 11.3 Å². The average Bonchev–Trinajstić information content (AvgIpc) is 3.30. The van der Waals surface area contributed by atoms with Crippen molar-refractivity contribution < 1.29 is 0 Å². The largest absolute Gasteiger partial charge is 0.353 e. The number of thiophene rings is 1. The zero-order valence-electron chi connectivity index (χ0n) is 17.6. The van der Waals surface area contributed by atoms with Gasteiger partial charge in [-0.2, -0.15) is 4.98 Å². The monoisotopic (exact) mass is 429 g/mol. The minimum Gasteiger partial charge on any atom is -0.353 e. The number of aromatic nitrogens is 2. The lowest BCUT2D eigenvalue weighted by atomic mass is 10.1. The van der Waals surface area contributed by atoms with Gasteiger partial charge in [0.2, 0.25) is 5.95 Å². The van der Waals surface area contributed by atoms with Gasteiger partial charge in [-0.25, -0.2) is 4.98 Å². The number of fused-ring (bicyclic) bond motifs is 1. The fourth-order valence-corrected chi connectivity index (χ4v) is 4.83. The maximum atomic E-state index is 4.79. The molecule has 31 heavy (non-hydrogen) atoms. The van der Waals surface area contributed by atoms with Crippen LogP contribution >= 0.6 is 11.3 Å². The Hall–Kier alpha value is -2.96. The molecule has 1 aliphatic rings. The third kappa shape index (κ3) is 4.86. The van der Waals surface area contributed by atoms with Crippen molar-refractivity contribution in [2.45, 2.75) is 19.3 Å². The van der Waals surface area contributed by atoms with Crippen molar-refractivity contribution in [1.82, 2.24) is 14.9 Å². The Morgan fingerprint density at radius 3 is 2.42 bits per heavy atom. The van der Waals surface area contributed by atoms with E-state index in [-0.39, 0.29) is 0 Å². The Morgan fingerprint density at radius 2 is 1.61 bits per heavy atom. The van der Waals surface area contributed by atoms with Gasteiger partial charge in [-0.15, -0.1) is 11.3 Å². The predicted molar refractivity (Wildman–Crippen MR) is 131 cm³/mol. The molecule has 0 aliphatic carbocycles. The van der Waals surface area contributed by atoms with Crippen LogP contribution in [0.1, 0.15) is 19.3 Å².